The van der Waals surface area contributed by atoms with Gasteiger partial charge in [-0.05, 0) is 39.3 Å². The average Bonchev–Trinajstić information content (AvgIpc) is 2.92. The standard InChI is InChI=1S/C17H22N4O2/c1-17(2,3)23-16(22)20-12-8-9-21(10-12)15-13-6-4-5-7-14(13)18-11-19-15/h4-7,11-12H,8-10H2,1-3H3,(H,20,22). The topological polar surface area (TPSA) is 67.3 Å². The first-order valence-electron chi connectivity index (χ1n) is 7.86. The number of hydrogen-bond acceptors (Lipinski definition) is 5. The summed E-state index contributed by atoms with van der Waals surface area (Å²) in [5.74, 6) is 0.920. The van der Waals surface area contributed by atoms with Gasteiger partial charge in [-0.1, -0.05) is 12.1 Å². The molecule has 1 aromatic carbocycles. The highest BCUT2D eigenvalue weighted by molar-refractivity contribution is 5.89. The van der Waals surface area contributed by atoms with Gasteiger partial charge in [0.25, 0.3) is 0 Å². The lowest BCUT2D eigenvalue weighted by Crippen LogP contribution is -2.40. The zero-order chi connectivity index (χ0) is 16.4. The van der Waals surface area contributed by atoms with Gasteiger partial charge < -0.3 is 15.0 Å². The van der Waals surface area contributed by atoms with Crippen LogP contribution in [0.5, 0.6) is 0 Å². The molecule has 1 unspecified atom stereocenters. The lowest BCUT2D eigenvalue weighted by molar-refractivity contribution is 0.0509. The minimum atomic E-state index is -0.481. The molecule has 2 heterocycles. The number of aromatic nitrogens is 2. The van der Waals surface area contributed by atoms with Crippen molar-refractivity contribution in [1.29, 1.82) is 0 Å². The third-order valence-corrected chi connectivity index (χ3v) is 3.73. The molecule has 1 saturated heterocycles. The maximum Gasteiger partial charge on any atom is 0.407 e. The largest absolute Gasteiger partial charge is 0.444 e. The molecule has 0 radical (unpaired) electrons. The van der Waals surface area contributed by atoms with Gasteiger partial charge in [-0.2, -0.15) is 0 Å². The summed E-state index contributed by atoms with van der Waals surface area (Å²) in [7, 11) is 0. The number of nitrogens with one attached hydrogen (secondary N) is 1. The van der Waals surface area contributed by atoms with E-state index in [-0.39, 0.29) is 12.1 Å². The minimum absolute atomic E-state index is 0.0681. The highest BCUT2D eigenvalue weighted by Crippen LogP contribution is 2.25. The Morgan fingerprint density at radius 3 is 2.87 bits per heavy atom. The molecule has 23 heavy (non-hydrogen) atoms. The Bertz CT molecular complexity index is 706. The van der Waals surface area contributed by atoms with Crippen molar-refractivity contribution in [2.45, 2.75) is 38.8 Å². The molecule has 1 aromatic heterocycles. The van der Waals surface area contributed by atoms with Crippen LogP contribution in [-0.4, -0.2) is 40.8 Å². The summed E-state index contributed by atoms with van der Waals surface area (Å²) in [4.78, 5) is 22.8. The number of anilines is 1. The van der Waals surface area contributed by atoms with Gasteiger partial charge in [-0.15, -0.1) is 0 Å². The molecule has 1 N–H and O–H groups in total. The Morgan fingerprint density at radius 2 is 2.09 bits per heavy atom. The summed E-state index contributed by atoms with van der Waals surface area (Å²) >= 11 is 0. The number of para-hydroxylation sites is 1. The van der Waals surface area contributed by atoms with E-state index in [0.29, 0.717) is 0 Å². The van der Waals surface area contributed by atoms with Crippen molar-refractivity contribution in [3.05, 3.63) is 30.6 Å². The number of benzene rings is 1. The molecule has 1 amide bonds. The zero-order valence-corrected chi connectivity index (χ0v) is 13.7. The van der Waals surface area contributed by atoms with Crippen molar-refractivity contribution in [2.75, 3.05) is 18.0 Å². The lowest BCUT2D eigenvalue weighted by Gasteiger charge is -2.22. The highest BCUT2D eigenvalue weighted by atomic mass is 16.6. The maximum atomic E-state index is 11.9. The molecule has 0 saturated carbocycles. The van der Waals surface area contributed by atoms with Gasteiger partial charge in [0.15, 0.2) is 0 Å². The van der Waals surface area contributed by atoms with Gasteiger partial charge in [0.1, 0.15) is 17.7 Å². The van der Waals surface area contributed by atoms with Gasteiger partial charge in [0, 0.05) is 18.5 Å². The fourth-order valence-corrected chi connectivity index (χ4v) is 2.79. The number of hydrogen-bond donors (Lipinski definition) is 1. The van der Waals surface area contributed by atoms with Crippen molar-refractivity contribution < 1.29 is 9.53 Å². The quantitative estimate of drug-likeness (QED) is 0.923. The summed E-state index contributed by atoms with van der Waals surface area (Å²) in [6, 6.07) is 8.03. The molecule has 1 fully saturated rings. The van der Waals surface area contributed by atoms with Crippen LogP contribution in [-0.2, 0) is 4.74 Å². The van der Waals surface area contributed by atoms with Crippen molar-refractivity contribution in [1.82, 2.24) is 15.3 Å². The molecule has 1 aliphatic rings. The zero-order valence-electron chi connectivity index (χ0n) is 13.7. The Balaban J connectivity index is 1.69. The second kappa shape index (κ2) is 6.02. The summed E-state index contributed by atoms with van der Waals surface area (Å²) < 4.78 is 5.32. The van der Waals surface area contributed by atoms with Gasteiger partial charge in [-0.3, -0.25) is 0 Å². The van der Waals surface area contributed by atoms with Crippen LogP contribution in [0.15, 0.2) is 30.6 Å². The summed E-state index contributed by atoms with van der Waals surface area (Å²) in [5, 5.41) is 3.97. The van der Waals surface area contributed by atoms with Crippen molar-refractivity contribution >= 4 is 22.8 Å². The number of alkyl carbamates (subject to hydrolysis) is 1. The van der Waals surface area contributed by atoms with Crippen LogP contribution in [0.3, 0.4) is 0 Å². The molecular formula is C17H22N4O2. The van der Waals surface area contributed by atoms with Crippen LogP contribution in [0, 0.1) is 0 Å². The molecule has 6 heteroatoms. The van der Waals surface area contributed by atoms with Crippen LogP contribution in [0.4, 0.5) is 10.6 Å². The van der Waals surface area contributed by atoms with Gasteiger partial charge in [0.05, 0.1) is 11.6 Å². The van der Waals surface area contributed by atoms with Gasteiger partial charge >= 0.3 is 6.09 Å². The Morgan fingerprint density at radius 1 is 1.30 bits per heavy atom. The van der Waals surface area contributed by atoms with E-state index in [4.69, 9.17) is 4.74 Å². The number of fused-ring (bicyclic) bond motifs is 1. The Hall–Kier alpha value is -2.37. The molecule has 1 aliphatic heterocycles. The monoisotopic (exact) mass is 314 g/mol. The van der Waals surface area contributed by atoms with E-state index in [1.807, 2.05) is 45.0 Å². The predicted octanol–water partition coefficient (Wildman–Crippen LogP) is 2.73. The number of ether oxygens (including phenoxy) is 1. The number of rotatable bonds is 2. The van der Waals surface area contributed by atoms with Crippen LogP contribution < -0.4 is 10.2 Å². The number of carbonyl (C=O) groups excluding carboxylic acids is 1. The van der Waals surface area contributed by atoms with Crippen LogP contribution in [0.25, 0.3) is 10.9 Å². The smallest absolute Gasteiger partial charge is 0.407 e. The summed E-state index contributed by atoms with van der Waals surface area (Å²) in [6.45, 7) is 7.16. The van der Waals surface area contributed by atoms with Crippen LogP contribution in [0.1, 0.15) is 27.2 Å². The van der Waals surface area contributed by atoms with E-state index >= 15 is 0 Å². The van der Waals surface area contributed by atoms with E-state index in [1.54, 1.807) is 6.33 Å². The number of amides is 1. The van der Waals surface area contributed by atoms with E-state index in [9.17, 15) is 4.79 Å². The first kappa shape index (κ1) is 15.5. The van der Waals surface area contributed by atoms with E-state index in [1.165, 1.54) is 0 Å². The molecule has 1 atom stereocenters. The Labute approximate surface area is 135 Å². The van der Waals surface area contributed by atoms with Gasteiger partial charge in [0.2, 0.25) is 0 Å². The molecule has 122 valence electrons. The average molecular weight is 314 g/mol. The van der Waals surface area contributed by atoms with Gasteiger partial charge in [-0.25, -0.2) is 14.8 Å². The molecule has 3 rings (SSSR count). The first-order valence-corrected chi connectivity index (χ1v) is 7.86. The lowest BCUT2D eigenvalue weighted by atomic mass is 10.2. The molecule has 0 spiro atoms. The minimum Gasteiger partial charge on any atom is -0.444 e. The maximum absolute atomic E-state index is 11.9. The van der Waals surface area contributed by atoms with Crippen molar-refractivity contribution in [3.8, 4) is 0 Å². The second-order valence-electron chi connectivity index (χ2n) is 6.79. The Kier molecular flexibility index (Phi) is 4.07. The molecule has 6 nitrogen and oxygen atoms in total. The van der Waals surface area contributed by atoms with Crippen molar-refractivity contribution in [2.24, 2.45) is 0 Å². The first-order chi connectivity index (χ1) is 10.9. The summed E-state index contributed by atoms with van der Waals surface area (Å²) in [6.07, 6.45) is 2.10. The van der Waals surface area contributed by atoms with E-state index < -0.39 is 5.60 Å². The van der Waals surface area contributed by atoms with Crippen LogP contribution >= 0.6 is 0 Å². The third kappa shape index (κ3) is 3.70. The van der Waals surface area contributed by atoms with E-state index in [2.05, 4.69) is 20.2 Å². The summed E-state index contributed by atoms with van der Waals surface area (Å²) in [5.41, 5.74) is 0.451. The number of carbonyl (C=O) groups is 1. The highest BCUT2D eigenvalue weighted by Gasteiger charge is 2.27. The predicted molar refractivity (Wildman–Crippen MR) is 89.5 cm³/mol. The fraction of sp³-hybridized carbons (Fsp3) is 0.471. The van der Waals surface area contributed by atoms with Crippen molar-refractivity contribution in [3.63, 3.8) is 0 Å². The second-order valence-corrected chi connectivity index (χ2v) is 6.79. The normalized spacial score (nSPS) is 18.2. The third-order valence-electron chi connectivity index (χ3n) is 3.73. The number of nitrogens with zero attached hydrogens (tertiary/aromatic N) is 3. The van der Waals surface area contributed by atoms with E-state index in [0.717, 1.165) is 36.2 Å². The molecule has 0 aliphatic carbocycles. The SMILES string of the molecule is CC(C)(C)OC(=O)NC1CCN(c2ncnc3ccccc23)C1. The molecular weight excluding hydrogens is 292 g/mol. The molecule has 0 bridgehead atoms. The van der Waals surface area contributed by atoms with Crippen LogP contribution in [0.2, 0.25) is 0 Å². The molecule has 2 aromatic rings. The fourth-order valence-electron chi connectivity index (χ4n) is 2.79.